The molecule has 1 saturated carbocycles. The Morgan fingerprint density at radius 1 is 1.27 bits per heavy atom. The van der Waals surface area contributed by atoms with Crippen LogP contribution in [0.1, 0.15) is 53.4 Å². The van der Waals surface area contributed by atoms with Gasteiger partial charge in [-0.25, -0.2) is 13.6 Å². The van der Waals surface area contributed by atoms with E-state index < -0.39 is 77.2 Å². The van der Waals surface area contributed by atoms with E-state index in [0.29, 0.717) is 6.07 Å². The number of likely N-dealkylation sites (N-methyl/N-ethyl adjacent to an activating group) is 1. The Kier molecular flexibility index (Phi) is 7.89. The van der Waals surface area contributed by atoms with Crippen LogP contribution < -0.4 is 21.1 Å². The smallest absolute Gasteiger partial charge is 0.408 e. The average Bonchev–Trinajstić information content (AvgIpc) is 3.59. The van der Waals surface area contributed by atoms with Crippen molar-refractivity contribution in [1.29, 1.82) is 0 Å². The predicted molar refractivity (Wildman–Crippen MR) is 140 cm³/mol. The number of fused-ring (bicyclic) bond motifs is 1. The van der Waals surface area contributed by atoms with E-state index in [4.69, 9.17) is 15.2 Å². The maximum absolute atomic E-state index is 14.3. The van der Waals surface area contributed by atoms with Crippen LogP contribution in [0.2, 0.25) is 0 Å². The van der Waals surface area contributed by atoms with Crippen LogP contribution in [0.3, 0.4) is 0 Å². The zero-order valence-electron chi connectivity index (χ0n) is 23.6. The molecule has 5 amide bonds. The number of carbonyl (C=O) groups is 5. The van der Waals surface area contributed by atoms with Crippen LogP contribution in [0.5, 0.6) is 5.75 Å². The first-order valence-electron chi connectivity index (χ1n) is 13.4. The zero-order chi connectivity index (χ0) is 30.4. The summed E-state index contributed by atoms with van der Waals surface area (Å²) in [4.78, 5) is 67.4. The number of anilines is 1. The Bertz CT molecular complexity index is 1280. The van der Waals surface area contributed by atoms with Gasteiger partial charge in [-0.05, 0) is 40.0 Å². The van der Waals surface area contributed by atoms with Gasteiger partial charge in [0, 0.05) is 25.6 Å². The normalized spacial score (nSPS) is 23.1. The van der Waals surface area contributed by atoms with Crippen molar-refractivity contribution in [3.8, 4) is 5.75 Å². The summed E-state index contributed by atoms with van der Waals surface area (Å²) in [5, 5.41) is 4.82. The zero-order valence-corrected chi connectivity index (χ0v) is 23.6. The molecule has 0 bridgehead atoms. The van der Waals surface area contributed by atoms with Gasteiger partial charge in [0.1, 0.15) is 35.2 Å². The molecule has 1 spiro atoms. The topological polar surface area (TPSA) is 160 Å². The summed E-state index contributed by atoms with van der Waals surface area (Å²) < 4.78 is 39.2. The predicted octanol–water partition coefficient (Wildman–Crippen LogP) is 1.66. The Morgan fingerprint density at radius 2 is 1.93 bits per heavy atom. The van der Waals surface area contributed by atoms with E-state index in [-0.39, 0.29) is 30.2 Å². The first kappa shape index (κ1) is 30.0. The summed E-state index contributed by atoms with van der Waals surface area (Å²) in [7, 11) is 1.41. The van der Waals surface area contributed by atoms with Gasteiger partial charge in [-0.15, -0.1) is 0 Å². The molecule has 224 valence electrons. The Balaban J connectivity index is 1.57. The molecule has 41 heavy (non-hydrogen) atoms. The van der Waals surface area contributed by atoms with Crippen molar-refractivity contribution >= 4 is 35.4 Å². The molecule has 4 rings (SSSR count). The molecule has 14 heteroatoms. The van der Waals surface area contributed by atoms with Crippen LogP contribution in [0.4, 0.5) is 19.3 Å². The lowest BCUT2D eigenvalue weighted by molar-refractivity contribution is -0.148. The molecule has 4 N–H and O–H groups in total. The molecule has 12 nitrogen and oxygen atoms in total. The molecule has 0 radical (unpaired) electrons. The van der Waals surface area contributed by atoms with Crippen LogP contribution in [0.15, 0.2) is 12.1 Å². The van der Waals surface area contributed by atoms with Crippen LogP contribution in [0, 0.1) is 17.6 Å². The molecule has 2 aliphatic heterocycles. The first-order chi connectivity index (χ1) is 19.0. The molecule has 1 aromatic carbocycles. The lowest BCUT2D eigenvalue weighted by atomic mass is 9.96. The van der Waals surface area contributed by atoms with Gasteiger partial charge >= 0.3 is 6.09 Å². The maximum Gasteiger partial charge on any atom is 0.408 e. The molecular weight excluding hydrogens is 544 g/mol. The third-order valence-corrected chi connectivity index (χ3v) is 7.37. The highest BCUT2D eigenvalue weighted by Gasteiger charge is 2.58. The van der Waals surface area contributed by atoms with Gasteiger partial charge in [-0.1, -0.05) is 12.8 Å². The summed E-state index contributed by atoms with van der Waals surface area (Å²) in [5.41, 5.74) is 2.64. The van der Waals surface area contributed by atoms with E-state index in [0.717, 1.165) is 23.8 Å². The second kappa shape index (κ2) is 10.8. The number of benzene rings is 1. The number of rotatable bonds is 7. The third-order valence-electron chi connectivity index (χ3n) is 7.37. The van der Waals surface area contributed by atoms with Crippen molar-refractivity contribution in [3.63, 3.8) is 0 Å². The minimum atomic E-state index is -1.85. The number of carbonyl (C=O) groups excluding carboxylic acids is 5. The van der Waals surface area contributed by atoms with E-state index in [1.54, 1.807) is 20.8 Å². The molecule has 2 fully saturated rings. The summed E-state index contributed by atoms with van der Waals surface area (Å²) in [6, 6.07) is -1.91. The highest BCUT2D eigenvalue weighted by molar-refractivity contribution is 6.03. The number of hydrogen-bond donors (Lipinski definition) is 3. The number of nitrogens with two attached hydrogens (primary N) is 1. The molecule has 1 aliphatic carbocycles. The minimum Gasteiger partial charge on any atom is -0.473 e. The van der Waals surface area contributed by atoms with Crippen LogP contribution in [-0.4, -0.2) is 82.4 Å². The summed E-state index contributed by atoms with van der Waals surface area (Å²) in [6.45, 7) is 6.03. The fourth-order valence-electron chi connectivity index (χ4n) is 5.12. The quantitative estimate of drug-likeness (QED) is 0.443. The van der Waals surface area contributed by atoms with Crippen molar-refractivity contribution in [3.05, 3.63) is 23.8 Å². The highest BCUT2D eigenvalue weighted by Crippen LogP contribution is 2.43. The number of primary amides is 1. The molecule has 3 aliphatic rings. The summed E-state index contributed by atoms with van der Waals surface area (Å²) >= 11 is 0. The second-order valence-corrected chi connectivity index (χ2v) is 11.9. The number of nitrogens with zero attached hydrogens (tertiary/aromatic N) is 2. The van der Waals surface area contributed by atoms with E-state index in [1.807, 2.05) is 0 Å². The number of amides is 5. The van der Waals surface area contributed by atoms with Gasteiger partial charge in [0.05, 0.1) is 6.54 Å². The van der Waals surface area contributed by atoms with E-state index >= 15 is 0 Å². The Morgan fingerprint density at radius 3 is 2.51 bits per heavy atom. The number of likely N-dealkylation sites (tertiary alicyclic amines) is 1. The Labute approximate surface area is 235 Å². The van der Waals surface area contributed by atoms with Gasteiger partial charge in [-0.3, -0.25) is 19.2 Å². The fourth-order valence-corrected chi connectivity index (χ4v) is 5.12. The van der Waals surface area contributed by atoms with Gasteiger partial charge in [0.2, 0.25) is 23.3 Å². The molecule has 1 aromatic rings. The fraction of sp³-hybridized carbons (Fsp3) is 0.593. The summed E-state index contributed by atoms with van der Waals surface area (Å²) in [6.07, 6.45) is 0.810. The van der Waals surface area contributed by atoms with Crippen LogP contribution in [0.25, 0.3) is 0 Å². The molecule has 0 unspecified atom stereocenters. The van der Waals surface area contributed by atoms with Gasteiger partial charge in [0.25, 0.3) is 5.91 Å². The van der Waals surface area contributed by atoms with Gasteiger partial charge in [0.15, 0.2) is 11.6 Å². The van der Waals surface area contributed by atoms with E-state index in [9.17, 15) is 32.8 Å². The van der Waals surface area contributed by atoms with Crippen molar-refractivity contribution in [2.45, 2.75) is 82.7 Å². The monoisotopic (exact) mass is 579 g/mol. The SMILES string of the molecule is C[C@H](NC(=O)OC(C)(C)C)C(=O)N(C)[C@@H](CC1CC1)C(=O)N1C[C@@]2(C[C@H]1C(N)=O)Oc1cc(F)cc(F)c1NC2=O. The molecule has 4 atom stereocenters. The van der Waals surface area contributed by atoms with Gasteiger partial charge in [-0.2, -0.15) is 0 Å². The minimum absolute atomic E-state index is 0.156. The molecule has 1 saturated heterocycles. The van der Waals surface area contributed by atoms with Crippen molar-refractivity contribution in [1.82, 2.24) is 15.1 Å². The molecule has 2 heterocycles. The number of halogens is 2. The molecular formula is C27H35F2N5O7. The van der Waals surface area contributed by atoms with Crippen molar-refractivity contribution in [2.75, 3.05) is 18.9 Å². The van der Waals surface area contributed by atoms with E-state index in [2.05, 4.69) is 10.6 Å². The summed E-state index contributed by atoms with van der Waals surface area (Å²) in [5.74, 6) is -5.08. The lowest BCUT2D eigenvalue weighted by Gasteiger charge is -2.36. The van der Waals surface area contributed by atoms with Crippen molar-refractivity contribution < 1.29 is 42.2 Å². The Hall–Kier alpha value is -3.97. The maximum atomic E-state index is 14.3. The second-order valence-electron chi connectivity index (χ2n) is 11.9. The lowest BCUT2D eigenvalue weighted by Crippen LogP contribution is -2.57. The first-order valence-corrected chi connectivity index (χ1v) is 13.4. The van der Waals surface area contributed by atoms with E-state index in [1.165, 1.54) is 18.9 Å². The standard InChI is InChI=1S/C27H35F2N5O7/c1-13(31-25(39)41-26(2,3)4)22(36)33(5)17(8-14-6-7-14)23(37)34-12-27(11-18(34)21(30)35)24(38)32-20-16(29)9-15(28)10-19(20)40-27/h9-10,13-14,17-18H,6-8,11-12H2,1-5H3,(H2,30,35)(H,31,39)(H,32,38)/t13-,17-,18-,27+/m0/s1. The largest absolute Gasteiger partial charge is 0.473 e. The molecule has 0 aromatic heterocycles. The number of alkyl carbamates (subject to hydrolysis) is 1. The highest BCUT2D eigenvalue weighted by atomic mass is 19.1. The average molecular weight is 580 g/mol. The van der Waals surface area contributed by atoms with Crippen LogP contribution >= 0.6 is 0 Å². The third kappa shape index (κ3) is 6.35. The number of nitrogens with one attached hydrogen (secondary N) is 2. The number of hydrogen-bond acceptors (Lipinski definition) is 7. The van der Waals surface area contributed by atoms with Gasteiger partial charge < -0.3 is 35.6 Å². The number of ether oxygens (including phenoxy) is 2. The van der Waals surface area contributed by atoms with Crippen molar-refractivity contribution in [2.24, 2.45) is 11.7 Å². The van der Waals surface area contributed by atoms with Crippen LogP contribution in [-0.2, 0) is 23.9 Å².